The van der Waals surface area contributed by atoms with Gasteiger partial charge in [0.15, 0.2) is 9.84 Å². The normalized spacial score (nSPS) is 11.0. The molecule has 2 aromatic rings. The minimum absolute atomic E-state index is 0.110. The summed E-state index contributed by atoms with van der Waals surface area (Å²) in [5, 5.41) is 3.06. The molecule has 138 valence electrons. The average molecular weight is 396 g/mol. The van der Waals surface area contributed by atoms with E-state index in [4.69, 9.17) is 11.6 Å². The molecule has 0 aliphatic rings. The Morgan fingerprint density at radius 2 is 1.77 bits per heavy atom. The summed E-state index contributed by atoms with van der Waals surface area (Å²) < 4.78 is 29.2. The van der Waals surface area contributed by atoms with E-state index in [1.54, 1.807) is 19.1 Å². The average Bonchev–Trinajstić information content (AvgIpc) is 2.61. The molecule has 0 saturated carbocycles. The van der Waals surface area contributed by atoms with Crippen LogP contribution in [0.5, 0.6) is 0 Å². The fourth-order valence-corrected chi connectivity index (χ4v) is 3.57. The van der Waals surface area contributed by atoms with Crippen molar-refractivity contribution in [3.63, 3.8) is 0 Å². The monoisotopic (exact) mass is 395 g/mol. The smallest absolute Gasteiger partial charge is 0.337 e. The molecule has 0 aromatic heterocycles. The molecule has 0 aliphatic carbocycles. The molecule has 6 nitrogen and oxygen atoms in total. The van der Waals surface area contributed by atoms with E-state index in [-0.39, 0.29) is 17.1 Å². The van der Waals surface area contributed by atoms with Crippen LogP contribution < -0.4 is 5.32 Å². The third-order valence-corrected chi connectivity index (χ3v) is 5.69. The minimum atomic E-state index is -3.59. The standard InChI is InChI=1S/C18H18ClNO5S/c1-12-3-4-13(18(22)25-2)11-16(12)20-17(21)9-10-26(23,24)15-7-5-14(19)6-8-15/h3-8,11H,9-10H2,1-2H3,(H,20,21). The largest absolute Gasteiger partial charge is 0.465 e. The van der Waals surface area contributed by atoms with Gasteiger partial charge < -0.3 is 10.1 Å². The first-order valence-electron chi connectivity index (χ1n) is 7.70. The number of carbonyl (C=O) groups excluding carboxylic acids is 2. The van der Waals surface area contributed by atoms with Crippen LogP contribution in [0.3, 0.4) is 0 Å². The number of rotatable bonds is 6. The lowest BCUT2D eigenvalue weighted by Crippen LogP contribution is -2.18. The van der Waals surface area contributed by atoms with Gasteiger partial charge in [0, 0.05) is 17.1 Å². The molecule has 0 atom stereocenters. The van der Waals surface area contributed by atoms with Crippen LogP contribution in [0.2, 0.25) is 5.02 Å². The fraction of sp³-hybridized carbons (Fsp3) is 0.222. The van der Waals surface area contributed by atoms with Gasteiger partial charge in [0.25, 0.3) is 0 Å². The SMILES string of the molecule is COC(=O)c1ccc(C)c(NC(=O)CCS(=O)(=O)c2ccc(Cl)cc2)c1. The molecule has 8 heteroatoms. The Balaban J connectivity index is 2.05. The van der Waals surface area contributed by atoms with Gasteiger partial charge in [-0.3, -0.25) is 4.79 Å². The third-order valence-electron chi connectivity index (χ3n) is 3.70. The van der Waals surface area contributed by atoms with E-state index in [2.05, 4.69) is 10.1 Å². The molecule has 2 rings (SSSR count). The summed E-state index contributed by atoms with van der Waals surface area (Å²) in [6.07, 6.45) is -0.215. The van der Waals surface area contributed by atoms with Crippen LogP contribution in [-0.4, -0.2) is 33.2 Å². The van der Waals surface area contributed by atoms with Crippen LogP contribution in [0, 0.1) is 6.92 Å². The Labute approximate surface area is 157 Å². The van der Waals surface area contributed by atoms with Crippen molar-refractivity contribution in [3.8, 4) is 0 Å². The summed E-state index contributed by atoms with van der Waals surface area (Å²) in [6.45, 7) is 1.77. The second-order valence-electron chi connectivity index (χ2n) is 5.59. The van der Waals surface area contributed by atoms with Gasteiger partial charge in [0.05, 0.1) is 23.3 Å². The van der Waals surface area contributed by atoms with Crippen LogP contribution in [0.15, 0.2) is 47.4 Å². The van der Waals surface area contributed by atoms with E-state index in [0.29, 0.717) is 16.3 Å². The Kier molecular flexibility index (Phi) is 6.39. The van der Waals surface area contributed by atoms with Crippen LogP contribution in [0.4, 0.5) is 5.69 Å². The number of hydrogen-bond donors (Lipinski definition) is 1. The van der Waals surface area contributed by atoms with Crippen LogP contribution >= 0.6 is 11.6 Å². The van der Waals surface area contributed by atoms with E-state index >= 15 is 0 Å². The second kappa shape index (κ2) is 8.33. The molecule has 26 heavy (non-hydrogen) atoms. The summed E-state index contributed by atoms with van der Waals surface area (Å²) in [5.74, 6) is -1.32. The van der Waals surface area contributed by atoms with Gasteiger partial charge in [-0.2, -0.15) is 0 Å². The van der Waals surface area contributed by atoms with Crippen molar-refractivity contribution in [1.82, 2.24) is 0 Å². The number of methoxy groups -OCH3 is 1. The third kappa shape index (κ3) is 5.06. The lowest BCUT2D eigenvalue weighted by atomic mass is 10.1. The Bertz CT molecular complexity index is 923. The summed E-state index contributed by atoms with van der Waals surface area (Å²) >= 11 is 5.75. The highest BCUT2D eigenvalue weighted by molar-refractivity contribution is 7.91. The topological polar surface area (TPSA) is 89.5 Å². The first-order valence-corrected chi connectivity index (χ1v) is 9.73. The fourth-order valence-electron chi connectivity index (χ4n) is 2.20. The highest BCUT2D eigenvalue weighted by atomic mass is 35.5. The van der Waals surface area contributed by atoms with Crippen molar-refractivity contribution >= 4 is 39.0 Å². The predicted octanol–water partition coefficient (Wildman–Crippen LogP) is 3.24. The molecule has 2 aromatic carbocycles. The van der Waals surface area contributed by atoms with E-state index < -0.39 is 21.7 Å². The lowest BCUT2D eigenvalue weighted by Gasteiger charge is -2.10. The number of carbonyl (C=O) groups is 2. The van der Waals surface area contributed by atoms with Crippen molar-refractivity contribution in [2.24, 2.45) is 0 Å². The molecule has 0 saturated heterocycles. The zero-order chi connectivity index (χ0) is 19.3. The van der Waals surface area contributed by atoms with Gasteiger partial charge in [-0.05, 0) is 48.9 Å². The number of ether oxygens (including phenoxy) is 1. The number of aryl methyl sites for hydroxylation is 1. The molecular weight excluding hydrogens is 378 g/mol. The number of esters is 1. The maximum atomic E-state index is 12.3. The molecule has 0 spiro atoms. The summed E-state index contributed by atoms with van der Waals surface area (Å²) in [4.78, 5) is 23.8. The first kappa shape index (κ1) is 19.9. The molecule has 0 radical (unpaired) electrons. The molecule has 0 bridgehead atoms. The van der Waals surface area contributed by atoms with Crippen LogP contribution in [0.1, 0.15) is 22.3 Å². The molecule has 0 heterocycles. The summed E-state index contributed by atoms with van der Waals surface area (Å²) in [5.41, 5.74) is 1.47. The molecule has 0 aliphatic heterocycles. The zero-order valence-corrected chi connectivity index (χ0v) is 15.9. The highest BCUT2D eigenvalue weighted by Gasteiger charge is 2.17. The molecule has 1 amide bonds. The van der Waals surface area contributed by atoms with E-state index in [1.807, 2.05) is 0 Å². The Morgan fingerprint density at radius 3 is 2.38 bits per heavy atom. The number of benzene rings is 2. The molecule has 0 fully saturated rings. The van der Waals surface area contributed by atoms with Crippen LogP contribution in [0.25, 0.3) is 0 Å². The number of amides is 1. The summed E-state index contributed by atoms with van der Waals surface area (Å²) in [6, 6.07) is 10.5. The van der Waals surface area contributed by atoms with Crippen molar-refractivity contribution < 1.29 is 22.7 Å². The predicted molar refractivity (Wildman–Crippen MR) is 99.3 cm³/mol. The van der Waals surface area contributed by atoms with Crippen molar-refractivity contribution in [3.05, 3.63) is 58.6 Å². The second-order valence-corrected chi connectivity index (χ2v) is 8.14. The minimum Gasteiger partial charge on any atom is -0.465 e. The van der Waals surface area contributed by atoms with Crippen molar-refractivity contribution in [2.75, 3.05) is 18.2 Å². The number of sulfone groups is 1. The van der Waals surface area contributed by atoms with Gasteiger partial charge in [0.2, 0.25) is 5.91 Å². The van der Waals surface area contributed by atoms with Crippen LogP contribution in [-0.2, 0) is 19.4 Å². The number of anilines is 1. The Hall–Kier alpha value is -2.38. The quantitative estimate of drug-likeness (QED) is 0.758. The van der Waals surface area contributed by atoms with Gasteiger partial charge in [-0.25, -0.2) is 13.2 Å². The van der Waals surface area contributed by atoms with Crippen molar-refractivity contribution in [1.29, 1.82) is 0 Å². The van der Waals surface area contributed by atoms with Gasteiger partial charge in [0.1, 0.15) is 0 Å². The van der Waals surface area contributed by atoms with Crippen molar-refractivity contribution in [2.45, 2.75) is 18.2 Å². The molecule has 1 N–H and O–H groups in total. The van der Waals surface area contributed by atoms with Gasteiger partial charge in [-0.1, -0.05) is 17.7 Å². The summed E-state index contributed by atoms with van der Waals surface area (Å²) in [7, 11) is -2.33. The van der Waals surface area contributed by atoms with E-state index in [9.17, 15) is 18.0 Å². The Morgan fingerprint density at radius 1 is 1.12 bits per heavy atom. The first-order chi connectivity index (χ1) is 12.2. The van der Waals surface area contributed by atoms with E-state index in [1.165, 1.54) is 37.4 Å². The number of halogens is 1. The van der Waals surface area contributed by atoms with Gasteiger partial charge in [-0.15, -0.1) is 0 Å². The number of nitrogens with one attached hydrogen (secondary N) is 1. The lowest BCUT2D eigenvalue weighted by molar-refractivity contribution is -0.115. The number of hydrogen-bond acceptors (Lipinski definition) is 5. The zero-order valence-electron chi connectivity index (χ0n) is 14.3. The maximum absolute atomic E-state index is 12.3. The maximum Gasteiger partial charge on any atom is 0.337 e. The van der Waals surface area contributed by atoms with E-state index in [0.717, 1.165) is 5.56 Å². The molecule has 0 unspecified atom stereocenters. The highest BCUT2D eigenvalue weighted by Crippen LogP contribution is 2.19. The molecular formula is C18H18ClNO5S. The van der Waals surface area contributed by atoms with Gasteiger partial charge >= 0.3 is 5.97 Å².